The van der Waals surface area contributed by atoms with E-state index in [-0.39, 0.29) is 5.69 Å². The maximum Gasteiger partial charge on any atom is 0.293 e. The summed E-state index contributed by atoms with van der Waals surface area (Å²) in [4.78, 5) is 28.8. The molecule has 92 valence electrons. The van der Waals surface area contributed by atoms with E-state index in [1.807, 2.05) is 4.57 Å². The molecule has 0 radical (unpaired) electrons. The van der Waals surface area contributed by atoms with E-state index in [1.165, 1.54) is 12.3 Å². The first-order valence-electron chi connectivity index (χ1n) is 5.30. The molecule has 0 bridgehead atoms. The van der Waals surface area contributed by atoms with Crippen LogP contribution in [0.3, 0.4) is 0 Å². The lowest BCUT2D eigenvalue weighted by Crippen LogP contribution is -1.99. The van der Waals surface area contributed by atoms with Crippen molar-refractivity contribution in [3.8, 4) is 0 Å². The second kappa shape index (κ2) is 3.76. The van der Waals surface area contributed by atoms with Crippen LogP contribution in [0.4, 0.5) is 5.69 Å². The lowest BCUT2D eigenvalue weighted by atomic mass is 10.3. The Morgan fingerprint density at radius 2 is 2.44 bits per heavy atom. The Hall–Kier alpha value is -2.51. The number of aromatic nitrogens is 3. The lowest BCUT2D eigenvalue weighted by Gasteiger charge is -2.03. The highest BCUT2D eigenvalue weighted by molar-refractivity contribution is 5.74. The van der Waals surface area contributed by atoms with E-state index < -0.39 is 11.0 Å². The van der Waals surface area contributed by atoms with Gasteiger partial charge in [0.15, 0.2) is 17.6 Å². The molecule has 0 spiro atoms. The van der Waals surface area contributed by atoms with E-state index in [0.717, 1.165) is 0 Å². The summed E-state index contributed by atoms with van der Waals surface area (Å²) in [6, 6.07) is 1.37. The SMILES string of the molecule is O=COC1CCn2c1nc1cc([N+](=O)[O-])cnc12. The van der Waals surface area contributed by atoms with Gasteiger partial charge in [0.2, 0.25) is 0 Å². The monoisotopic (exact) mass is 248 g/mol. The second-order valence-corrected chi connectivity index (χ2v) is 3.92. The Morgan fingerprint density at radius 3 is 3.17 bits per heavy atom. The van der Waals surface area contributed by atoms with Gasteiger partial charge in [-0.2, -0.15) is 0 Å². The molecule has 2 aromatic rings. The summed E-state index contributed by atoms with van der Waals surface area (Å²) in [5, 5.41) is 10.6. The number of aryl methyl sites for hydroxylation is 1. The molecular weight excluding hydrogens is 240 g/mol. The topological polar surface area (TPSA) is 100 Å². The summed E-state index contributed by atoms with van der Waals surface area (Å²) < 4.78 is 6.72. The predicted octanol–water partition coefficient (Wildman–Crippen LogP) is 0.957. The second-order valence-electron chi connectivity index (χ2n) is 3.92. The zero-order valence-corrected chi connectivity index (χ0v) is 9.15. The maximum absolute atomic E-state index is 10.6. The van der Waals surface area contributed by atoms with Crippen molar-refractivity contribution in [1.29, 1.82) is 0 Å². The van der Waals surface area contributed by atoms with Crippen molar-refractivity contribution in [3.05, 3.63) is 28.2 Å². The Bertz CT molecular complexity index is 651. The van der Waals surface area contributed by atoms with Crippen LogP contribution >= 0.6 is 0 Å². The quantitative estimate of drug-likeness (QED) is 0.455. The molecule has 0 saturated carbocycles. The van der Waals surface area contributed by atoms with Crippen LogP contribution < -0.4 is 0 Å². The lowest BCUT2D eigenvalue weighted by molar-refractivity contribution is -0.385. The minimum Gasteiger partial charge on any atom is -0.456 e. The number of rotatable bonds is 3. The van der Waals surface area contributed by atoms with Crippen molar-refractivity contribution < 1.29 is 14.5 Å². The van der Waals surface area contributed by atoms with Gasteiger partial charge in [-0.1, -0.05) is 0 Å². The molecule has 1 atom stereocenters. The van der Waals surface area contributed by atoms with Crippen LogP contribution in [-0.2, 0) is 16.1 Å². The van der Waals surface area contributed by atoms with Crippen LogP contribution in [0.1, 0.15) is 18.3 Å². The van der Waals surface area contributed by atoms with Crippen LogP contribution in [0.25, 0.3) is 11.2 Å². The number of hydrogen-bond donors (Lipinski definition) is 0. The molecular formula is C10H8N4O4. The van der Waals surface area contributed by atoms with Crippen LogP contribution in [0, 0.1) is 10.1 Å². The number of pyridine rings is 1. The van der Waals surface area contributed by atoms with Gasteiger partial charge in [0.05, 0.1) is 4.92 Å². The van der Waals surface area contributed by atoms with Crippen molar-refractivity contribution in [2.75, 3.05) is 0 Å². The van der Waals surface area contributed by atoms with Gasteiger partial charge in [-0.15, -0.1) is 0 Å². The van der Waals surface area contributed by atoms with Gasteiger partial charge in [-0.3, -0.25) is 14.9 Å². The third-order valence-electron chi connectivity index (χ3n) is 2.93. The predicted molar refractivity (Wildman–Crippen MR) is 58.7 cm³/mol. The molecule has 1 unspecified atom stereocenters. The van der Waals surface area contributed by atoms with Crippen molar-refractivity contribution in [1.82, 2.24) is 14.5 Å². The Morgan fingerprint density at radius 1 is 1.61 bits per heavy atom. The average Bonchev–Trinajstić information content (AvgIpc) is 2.89. The summed E-state index contributed by atoms with van der Waals surface area (Å²) in [6.45, 7) is 1.02. The van der Waals surface area contributed by atoms with Crippen LogP contribution in [0.5, 0.6) is 0 Å². The largest absolute Gasteiger partial charge is 0.456 e. The molecule has 0 amide bonds. The van der Waals surface area contributed by atoms with E-state index in [9.17, 15) is 14.9 Å². The molecule has 18 heavy (non-hydrogen) atoms. The van der Waals surface area contributed by atoms with Gasteiger partial charge in [-0.25, -0.2) is 9.97 Å². The normalized spacial score (nSPS) is 17.7. The van der Waals surface area contributed by atoms with Crippen molar-refractivity contribution in [2.45, 2.75) is 19.1 Å². The summed E-state index contributed by atoms with van der Waals surface area (Å²) in [6.07, 6.45) is 1.46. The van der Waals surface area contributed by atoms with Crippen molar-refractivity contribution in [3.63, 3.8) is 0 Å². The van der Waals surface area contributed by atoms with E-state index in [1.54, 1.807) is 0 Å². The Labute approximate surface area is 100 Å². The molecule has 1 aliphatic heterocycles. The highest BCUT2D eigenvalue weighted by atomic mass is 16.6. The summed E-state index contributed by atoms with van der Waals surface area (Å²) in [5.41, 5.74) is 0.915. The van der Waals surface area contributed by atoms with Crippen LogP contribution in [0.2, 0.25) is 0 Å². The highest BCUT2D eigenvalue weighted by Gasteiger charge is 2.29. The zero-order valence-electron chi connectivity index (χ0n) is 9.15. The van der Waals surface area contributed by atoms with Gasteiger partial charge in [0.1, 0.15) is 11.7 Å². The summed E-state index contributed by atoms with van der Waals surface area (Å²) in [5.74, 6) is 0.588. The highest BCUT2D eigenvalue weighted by Crippen LogP contribution is 2.31. The summed E-state index contributed by atoms with van der Waals surface area (Å²) in [7, 11) is 0. The molecule has 0 aliphatic carbocycles. The molecule has 3 rings (SSSR count). The van der Waals surface area contributed by atoms with Gasteiger partial charge >= 0.3 is 0 Å². The third kappa shape index (κ3) is 1.42. The molecule has 0 aromatic carbocycles. The fourth-order valence-electron chi connectivity index (χ4n) is 2.16. The Balaban J connectivity index is 2.13. The number of nitrogens with zero attached hydrogens (tertiary/aromatic N) is 4. The van der Waals surface area contributed by atoms with E-state index in [2.05, 4.69) is 9.97 Å². The standard InChI is InChI=1S/C10H8N4O4/c15-5-18-8-1-2-13-9-7(12-10(8)13)3-6(4-11-9)14(16)17/h3-5,8H,1-2H2. The van der Waals surface area contributed by atoms with Gasteiger partial charge < -0.3 is 9.30 Å². The minimum absolute atomic E-state index is 0.105. The fourth-order valence-corrected chi connectivity index (χ4v) is 2.16. The van der Waals surface area contributed by atoms with Gasteiger partial charge in [-0.05, 0) is 0 Å². The number of nitro groups is 1. The number of carbonyl (C=O) groups excluding carboxylic acids is 1. The van der Waals surface area contributed by atoms with Crippen molar-refractivity contribution >= 4 is 23.3 Å². The van der Waals surface area contributed by atoms with E-state index in [4.69, 9.17) is 4.74 Å². The first-order valence-corrected chi connectivity index (χ1v) is 5.30. The fraction of sp³-hybridized carbons (Fsp3) is 0.300. The minimum atomic E-state index is -0.518. The number of ether oxygens (including phenoxy) is 1. The van der Waals surface area contributed by atoms with E-state index >= 15 is 0 Å². The smallest absolute Gasteiger partial charge is 0.293 e. The number of hydrogen-bond acceptors (Lipinski definition) is 6. The number of fused-ring (bicyclic) bond motifs is 3. The average molecular weight is 248 g/mol. The molecule has 8 heteroatoms. The molecule has 8 nitrogen and oxygen atoms in total. The third-order valence-corrected chi connectivity index (χ3v) is 2.93. The number of imidazole rings is 1. The van der Waals surface area contributed by atoms with Crippen LogP contribution in [-0.4, -0.2) is 25.9 Å². The first kappa shape index (κ1) is 10.6. The van der Waals surface area contributed by atoms with Gasteiger partial charge in [0.25, 0.3) is 12.2 Å². The van der Waals surface area contributed by atoms with Crippen LogP contribution in [0.15, 0.2) is 12.3 Å². The maximum atomic E-state index is 10.6. The molecule has 3 heterocycles. The molecule has 1 aliphatic rings. The Kier molecular flexibility index (Phi) is 2.22. The molecule has 0 N–H and O–H groups in total. The van der Waals surface area contributed by atoms with Gasteiger partial charge in [0, 0.05) is 19.0 Å². The van der Waals surface area contributed by atoms with E-state index in [0.29, 0.717) is 36.4 Å². The summed E-state index contributed by atoms with van der Waals surface area (Å²) >= 11 is 0. The van der Waals surface area contributed by atoms with Crippen molar-refractivity contribution in [2.24, 2.45) is 0 Å². The zero-order chi connectivity index (χ0) is 12.7. The molecule has 0 saturated heterocycles. The molecule has 2 aromatic heterocycles. The first-order chi connectivity index (χ1) is 8.70. The number of carbonyl (C=O) groups is 1. The molecule has 0 fully saturated rings.